The van der Waals surface area contributed by atoms with Crippen LogP contribution in [-0.4, -0.2) is 70.4 Å². The first-order chi connectivity index (χ1) is 10.1. The molecule has 1 N–H and O–H groups in total. The van der Waals surface area contributed by atoms with Gasteiger partial charge in [0.15, 0.2) is 0 Å². The molecule has 2 unspecified atom stereocenters. The Morgan fingerprint density at radius 1 is 1.38 bits per heavy atom. The van der Waals surface area contributed by atoms with Crippen LogP contribution in [0.1, 0.15) is 33.6 Å². The molecule has 1 aliphatic rings. The highest BCUT2D eigenvalue weighted by Crippen LogP contribution is 2.33. The summed E-state index contributed by atoms with van der Waals surface area (Å²) in [6.45, 7) is 8.00. The molecule has 0 radical (unpaired) electrons. The number of nitrogens with zero attached hydrogens (tertiary/aromatic N) is 2. The van der Waals surface area contributed by atoms with Gasteiger partial charge in [0.2, 0.25) is 0 Å². The molecule has 1 rings (SSSR count). The van der Waals surface area contributed by atoms with Gasteiger partial charge in [-0.25, -0.2) is 9.59 Å². The predicted octanol–water partition coefficient (Wildman–Crippen LogP) is 2.09. The van der Waals surface area contributed by atoms with E-state index in [0.29, 0.717) is 32.1 Å². The molecule has 0 aromatic heterocycles. The summed E-state index contributed by atoms with van der Waals surface area (Å²) in [7, 11) is 0. The topological polar surface area (TPSA) is 70.1 Å². The smallest absolute Gasteiger partial charge is 0.327 e. The minimum atomic E-state index is -0.921. The van der Waals surface area contributed by atoms with Crippen molar-refractivity contribution in [1.82, 2.24) is 9.80 Å². The fraction of sp³-hybridized carbons (Fsp3) is 0.857. The largest absolute Gasteiger partial charge is 0.480 e. The lowest BCUT2D eigenvalue weighted by Crippen LogP contribution is -2.52. The summed E-state index contributed by atoms with van der Waals surface area (Å²) in [5.41, 5.74) is 0. The van der Waals surface area contributed by atoms with Crippen molar-refractivity contribution in [2.24, 2.45) is 0 Å². The molecule has 1 fully saturated rings. The molecule has 2 amide bonds. The maximum absolute atomic E-state index is 12.7. The molecule has 0 aromatic rings. The molecule has 0 saturated carbocycles. The van der Waals surface area contributed by atoms with Gasteiger partial charge < -0.3 is 14.7 Å². The molecular formula is C14H26N2O4S. The van der Waals surface area contributed by atoms with Gasteiger partial charge in [-0.1, -0.05) is 13.3 Å². The number of thioether (sulfide) groups is 1. The summed E-state index contributed by atoms with van der Waals surface area (Å²) >= 11 is 1.56. The lowest BCUT2D eigenvalue weighted by molar-refractivity contribution is -0.141. The van der Waals surface area contributed by atoms with E-state index in [1.54, 1.807) is 21.6 Å². The van der Waals surface area contributed by atoms with Crippen molar-refractivity contribution >= 4 is 23.8 Å². The van der Waals surface area contributed by atoms with E-state index in [1.807, 2.05) is 20.8 Å². The monoisotopic (exact) mass is 318 g/mol. The highest BCUT2D eigenvalue weighted by molar-refractivity contribution is 8.00. The van der Waals surface area contributed by atoms with Crippen LogP contribution in [0.4, 0.5) is 4.79 Å². The van der Waals surface area contributed by atoms with Gasteiger partial charge in [0, 0.05) is 25.4 Å². The Kier molecular flexibility index (Phi) is 7.88. The Bertz CT molecular complexity index is 354. The second-order valence-corrected chi connectivity index (χ2v) is 6.11. The number of carbonyl (C=O) groups is 2. The third-order valence-electron chi connectivity index (χ3n) is 3.50. The molecule has 1 heterocycles. The summed E-state index contributed by atoms with van der Waals surface area (Å²) in [6, 6.07) is -0.909. The maximum Gasteiger partial charge on any atom is 0.327 e. The first-order valence-electron chi connectivity index (χ1n) is 7.56. The summed E-state index contributed by atoms with van der Waals surface area (Å²) in [5, 5.41) is 9.30. The third-order valence-corrected chi connectivity index (χ3v) is 4.85. The van der Waals surface area contributed by atoms with Gasteiger partial charge in [-0.3, -0.25) is 4.90 Å². The number of hydrogen-bond donors (Lipinski definition) is 1. The summed E-state index contributed by atoms with van der Waals surface area (Å²) < 4.78 is 5.29. The van der Waals surface area contributed by atoms with Gasteiger partial charge in [-0.05, 0) is 20.3 Å². The zero-order chi connectivity index (χ0) is 15.8. The number of rotatable bonds is 8. The van der Waals surface area contributed by atoms with Crippen LogP contribution in [0.15, 0.2) is 0 Å². The zero-order valence-corrected chi connectivity index (χ0v) is 13.9. The number of likely N-dealkylation sites (N-methyl/N-ethyl adjacent to an activating group) is 1. The van der Waals surface area contributed by atoms with Crippen molar-refractivity contribution in [3.63, 3.8) is 0 Å². The second kappa shape index (κ2) is 9.15. The summed E-state index contributed by atoms with van der Waals surface area (Å²) in [5.74, 6) is -0.454. The number of urea groups is 1. The normalized spacial score (nSPS) is 21.6. The van der Waals surface area contributed by atoms with Crippen molar-refractivity contribution in [2.75, 3.05) is 32.1 Å². The molecule has 122 valence electrons. The number of amides is 2. The Balaban J connectivity index is 2.78. The van der Waals surface area contributed by atoms with Gasteiger partial charge in [0.25, 0.3) is 0 Å². The lowest BCUT2D eigenvalue weighted by Gasteiger charge is -2.33. The summed E-state index contributed by atoms with van der Waals surface area (Å²) in [6.07, 6.45) is 1.75. The fourth-order valence-electron chi connectivity index (χ4n) is 2.35. The van der Waals surface area contributed by atoms with Crippen LogP contribution < -0.4 is 0 Å². The van der Waals surface area contributed by atoms with Gasteiger partial charge in [0.1, 0.15) is 6.04 Å². The SMILES string of the molecule is CCCC1SCC(C(=O)O)N1C(=O)N(CC)CCOCC. The molecule has 0 spiro atoms. The number of ether oxygens (including phenoxy) is 1. The first kappa shape index (κ1) is 18.1. The minimum absolute atomic E-state index is 0.0373. The molecule has 1 saturated heterocycles. The average Bonchev–Trinajstić information content (AvgIpc) is 2.87. The van der Waals surface area contributed by atoms with Crippen LogP contribution in [-0.2, 0) is 9.53 Å². The van der Waals surface area contributed by atoms with Crippen molar-refractivity contribution in [3.05, 3.63) is 0 Å². The van der Waals surface area contributed by atoms with Crippen LogP contribution >= 0.6 is 11.8 Å². The molecule has 7 heteroatoms. The molecule has 2 atom stereocenters. The average molecular weight is 318 g/mol. The molecule has 1 aliphatic heterocycles. The van der Waals surface area contributed by atoms with Crippen LogP contribution in [0, 0.1) is 0 Å². The molecule has 21 heavy (non-hydrogen) atoms. The van der Waals surface area contributed by atoms with E-state index in [9.17, 15) is 14.7 Å². The minimum Gasteiger partial charge on any atom is -0.480 e. The molecule has 6 nitrogen and oxygen atoms in total. The van der Waals surface area contributed by atoms with Crippen molar-refractivity contribution in [2.45, 2.75) is 45.0 Å². The van der Waals surface area contributed by atoms with Gasteiger partial charge >= 0.3 is 12.0 Å². The lowest BCUT2D eigenvalue weighted by atomic mass is 10.2. The van der Waals surface area contributed by atoms with E-state index in [2.05, 4.69) is 0 Å². The van der Waals surface area contributed by atoms with Crippen LogP contribution in [0.5, 0.6) is 0 Å². The van der Waals surface area contributed by atoms with Crippen molar-refractivity contribution < 1.29 is 19.4 Å². The Morgan fingerprint density at radius 2 is 2.10 bits per heavy atom. The fourth-order valence-corrected chi connectivity index (χ4v) is 3.86. The molecule has 0 bridgehead atoms. The van der Waals surface area contributed by atoms with Crippen molar-refractivity contribution in [3.8, 4) is 0 Å². The number of carbonyl (C=O) groups excluding carboxylic acids is 1. The second-order valence-electron chi connectivity index (χ2n) is 4.90. The summed E-state index contributed by atoms with van der Waals surface area (Å²) in [4.78, 5) is 27.3. The van der Waals surface area contributed by atoms with E-state index in [-0.39, 0.29) is 11.4 Å². The highest BCUT2D eigenvalue weighted by Gasteiger charge is 2.42. The van der Waals surface area contributed by atoms with E-state index in [1.165, 1.54) is 0 Å². The molecular weight excluding hydrogens is 292 g/mol. The number of carboxylic acid groups (broad SMARTS) is 1. The van der Waals surface area contributed by atoms with E-state index >= 15 is 0 Å². The van der Waals surface area contributed by atoms with Crippen LogP contribution in [0.25, 0.3) is 0 Å². The first-order valence-corrected chi connectivity index (χ1v) is 8.60. The van der Waals surface area contributed by atoms with E-state index in [0.717, 1.165) is 12.8 Å². The van der Waals surface area contributed by atoms with Gasteiger partial charge in [-0.2, -0.15) is 0 Å². The highest BCUT2D eigenvalue weighted by atomic mass is 32.2. The number of carboxylic acids is 1. The van der Waals surface area contributed by atoms with Crippen LogP contribution in [0.3, 0.4) is 0 Å². The number of aliphatic carboxylic acids is 1. The van der Waals surface area contributed by atoms with Gasteiger partial charge in [-0.15, -0.1) is 11.8 Å². The Labute approximate surface area is 130 Å². The number of hydrogen-bond acceptors (Lipinski definition) is 4. The van der Waals surface area contributed by atoms with Gasteiger partial charge in [0.05, 0.1) is 12.0 Å². The molecule has 0 aromatic carbocycles. The predicted molar refractivity (Wildman–Crippen MR) is 83.6 cm³/mol. The standard InChI is InChI=1S/C14H26N2O4S/c1-4-7-12-16(11(10-21-12)13(17)18)14(19)15(5-2)8-9-20-6-3/h11-12H,4-10H2,1-3H3,(H,17,18). The zero-order valence-electron chi connectivity index (χ0n) is 13.1. The Morgan fingerprint density at radius 3 is 2.62 bits per heavy atom. The Hall–Kier alpha value is -0.950. The van der Waals surface area contributed by atoms with E-state index in [4.69, 9.17) is 4.74 Å². The quantitative estimate of drug-likeness (QED) is 0.694. The maximum atomic E-state index is 12.7. The van der Waals surface area contributed by atoms with Crippen molar-refractivity contribution in [1.29, 1.82) is 0 Å². The van der Waals surface area contributed by atoms with Crippen LogP contribution in [0.2, 0.25) is 0 Å². The molecule has 0 aliphatic carbocycles. The van der Waals surface area contributed by atoms with E-state index < -0.39 is 12.0 Å². The third kappa shape index (κ3) is 4.78.